The molecule has 2 unspecified atom stereocenters. The van der Waals surface area contributed by atoms with Gasteiger partial charge in [0, 0.05) is 11.7 Å². The van der Waals surface area contributed by atoms with E-state index in [9.17, 15) is 13.5 Å². The first-order chi connectivity index (χ1) is 9.87. The number of nitrogens with zero attached hydrogens (tertiary/aromatic N) is 2. The van der Waals surface area contributed by atoms with Gasteiger partial charge in [-0.1, -0.05) is 0 Å². The topological polar surface area (TPSA) is 98.2 Å². The first kappa shape index (κ1) is 14.3. The van der Waals surface area contributed by atoms with Gasteiger partial charge < -0.3 is 15.4 Å². The number of imidazole rings is 1. The Morgan fingerprint density at radius 1 is 1.48 bits per heavy atom. The zero-order valence-corrected chi connectivity index (χ0v) is 12.7. The van der Waals surface area contributed by atoms with Crippen LogP contribution in [0.3, 0.4) is 0 Å². The fourth-order valence-corrected chi connectivity index (χ4v) is 4.69. The maximum absolute atomic E-state index is 11.9. The van der Waals surface area contributed by atoms with E-state index in [-0.39, 0.29) is 17.5 Å². The molecule has 21 heavy (non-hydrogen) atoms. The Balaban J connectivity index is 2.17. The Kier molecular flexibility index (Phi) is 3.41. The Hall–Kier alpha value is -1.60. The van der Waals surface area contributed by atoms with Crippen molar-refractivity contribution in [3.8, 4) is 0 Å². The number of hydrogen-bond acceptors (Lipinski definition) is 5. The second kappa shape index (κ2) is 4.99. The molecule has 114 valence electrons. The lowest BCUT2D eigenvalue weighted by molar-refractivity contribution is 0.181. The summed E-state index contributed by atoms with van der Waals surface area (Å²) in [5.74, 6) is 0.841. The van der Waals surface area contributed by atoms with Gasteiger partial charge in [-0.3, -0.25) is 0 Å². The zero-order chi connectivity index (χ0) is 15.2. The molecule has 0 radical (unpaired) electrons. The lowest BCUT2D eigenvalue weighted by Crippen LogP contribution is -2.28. The third-order valence-corrected chi connectivity index (χ3v) is 5.72. The summed E-state index contributed by atoms with van der Waals surface area (Å²) >= 11 is 0. The van der Waals surface area contributed by atoms with Gasteiger partial charge in [-0.15, -0.1) is 0 Å². The number of benzene rings is 1. The summed E-state index contributed by atoms with van der Waals surface area (Å²) in [5.41, 5.74) is 7.88. The standard InChI is InChI=1S/C14H19N3O3S/c1-9(18)14-16-12-7-10(15)4-5-13(12)17(14)11-3-2-6-21(19,20)8-11/h4-5,7,9,11,18H,2-3,6,8,15H2,1H3. The molecule has 2 atom stereocenters. The zero-order valence-electron chi connectivity index (χ0n) is 11.9. The number of aromatic nitrogens is 2. The predicted octanol–water partition coefficient (Wildman–Crippen LogP) is 1.42. The molecule has 1 saturated heterocycles. The Morgan fingerprint density at radius 2 is 2.24 bits per heavy atom. The van der Waals surface area contributed by atoms with Crippen LogP contribution < -0.4 is 5.73 Å². The summed E-state index contributed by atoms with van der Waals surface area (Å²) in [4.78, 5) is 4.43. The van der Waals surface area contributed by atoms with Crippen LogP contribution >= 0.6 is 0 Å². The molecule has 0 spiro atoms. The van der Waals surface area contributed by atoms with Crippen molar-refractivity contribution < 1.29 is 13.5 Å². The molecule has 1 aromatic heterocycles. The van der Waals surface area contributed by atoms with E-state index < -0.39 is 15.9 Å². The number of anilines is 1. The van der Waals surface area contributed by atoms with Crippen LogP contribution in [-0.2, 0) is 9.84 Å². The number of hydrogen-bond donors (Lipinski definition) is 2. The molecule has 3 rings (SSSR count). The molecule has 1 aromatic carbocycles. The van der Waals surface area contributed by atoms with Gasteiger partial charge in [0.1, 0.15) is 11.9 Å². The molecule has 6 nitrogen and oxygen atoms in total. The summed E-state index contributed by atoms with van der Waals surface area (Å²) in [6.45, 7) is 1.64. The maximum Gasteiger partial charge on any atom is 0.152 e. The Morgan fingerprint density at radius 3 is 2.90 bits per heavy atom. The minimum absolute atomic E-state index is 0.0998. The van der Waals surface area contributed by atoms with Crippen LogP contribution in [0.1, 0.15) is 37.7 Å². The van der Waals surface area contributed by atoms with E-state index in [0.29, 0.717) is 23.4 Å². The average Bonchev–Trinajstić information content (AvgIpc) is 2.76. The Labute approximate surface area is 123 Å². The number of sulfone groups is 1. The lowest BCUT2D eigenvalue weighted by Gasteiger charge is -2.26. The van der Waals surface area contributed by atoms with Gasteiger partial charge in [0.15, 0.2) is 9.84 Å². The average molecular weight is 309 g/mol. The molecule has 2 aromatic rings. The van der Waals surface area contributed by atoms with Crippen molar-refractivity contribution in [2.45, 2.75) is 31.9 Å². The largest absolute Gasteiger partial charge is 0.399 e. The molecule has 1 aliphatic rings. The number of rotatable bonds is 2. The number of aliphatic hydroxyl groups is 1. The molecule has 2 heterocycles. The molecule has 0 amide bonds. The fraction of sp³-hybridized carbons (Fsp3) is 0.500. The van der Waals surface area contributed by atoms with Crippen LogP contribution in [0.15, 0.2) is 18.2 Å². The van der Waals surface area contributed by atoms with Gasteiger partial charge in [0.25, 0.3) is 0 Å². The second-order valence-electron chi connectivity index (χ2n) is 5.67. The highest BCUT2D eigenvalue weighted by Crippen LogP contribution is 2.31. The first-order valence-electron chi connectivity index (χ1n) is 7.03. The van der Waals surface area contributed by atoms with Crippen LogP contribution in [0, 0.1) is 0 Å². The smallest absolute Gasteiger partial charge is 0.152 e. The third-order valence-electron chi connectivity index (χ3n) is 3.92. The Bertz CT molecular complexity index is 780. The van der Waals surface area contributed by atoms with Crippen molar-refractivity contribution in [2.24, 2.45) is 0 Å². The van der Waals surface area contributed by atoms with E-state index in [1.807, 2.05) is 10.6 Å². The number of fused-ring (bicyclic) bond motifs is 1. The third kappa shape index (κ3) is 2.63. The number of nitrogens with two attached hydrogens (primary N) is 1. The van der Waals surface area contributed by atoms with Gasteiger partial charge in [-0.25, -0.2) is 13.4 Å². The van der Waals surface area contributed by atoms with Crippen LogP contribution in [0.2, 0.25) is 0 Å². The quantitative estimate of drug-likeness (QED) is 0.818. The van der Waals surface area contributed by atoms with Crippen molar-refractivity contribution in [1.82, 2.24) is 9.55 Å². The molecular weight excluding hydrogens is 290 g/mol. The van der Waals surface area contributed by atoms with E-state index >= 15 is 0 Å². The predicted molar refractivity (Wildman–Crippen MR) is 81.7 cm³/mol. The van der Waals surface area contributed by atoms with E-state index in [0.717, 1.165) is 11.9 Å². The van der Waals surface area contributed by atoms with Gasteiger partial charge in [-0.2, -0.15) is 0 Å². The molecule has 0 aliphatic carbocycles. The van der Waals surface area contributed by atoms with E-state index in [2.05, 4.69) is 4.98 Å². The van der Waals surface area contributed by atoms with Gasteiger partial charge in [0.2, 0.25) is 0 Å². The van der Waals surface area contributed by atoms with Gasteiger partial charge in [-0.05, 0) is 38.0 Å². The summed E-state index contributed by atoms with van der Waals surface area (Å²) in [6.07, 6.45) is 0.652. The van der Waals surface area contributed by atoms with Crippen LogP contribution in [-0.4, -0.2) is 34.6 Å². The van der Waals surface area contributed by atoms with Crippen molar-refractivity contribution >= 4 is 26.6 Å². The van der Waals surface area contributed by atoms with Gasteiger partial charge >= 0.3 is 0 Å². The molecule has 0 saturated carbocycles. The highest BCUT2D eigenvalue weighted by atomic mass is 32.2. The highest BCUT2D eigenvalue weighted by molar-refractivity contribution is 7.91. The highest BCUT2D eigenvalue weighted by Gasteiger charge is 2.29. The SMILES string of the molecule is CC(O)c1nc2cc(N)ccc2n1C1CCCS(=O)(=O)C1. The minimum atomic E-state index is -3.03. The monoisotopic (exact) mass is 309 g/mol. The molecule has 1 aliphatic heterocycles. The van der Waals surface area contributed by atoms with E-state index in [1.54, 1.807) is 19.1 Å². The normalized spacial score (nSPS) is 23.2. The number of aliphatic hydroxyl groups excluding tert-OH is 1. The molecule has 7 heteroatoms. The minimum Gasteiger partial charge on any atom is -0.399 e. The van der Waals surface area contributed by atoms with Crippen LogP contribution in [0.25, 0.3) is 11.0 Å². The fourth-order valence-electron chi connectivity index (χ4n) is 3.02. The van der Waals surface area contributed by atoms with Crippen LogP contribution in [0.4, 0.5) is 5.69 Å². The first-order valence-corrected chi connectivity index (χ1v) is 8.85. The summed E-state index contributed by atoms with van der Waals surface area (Å²) in [6, 6.07) is 5.17. The molecular formula is C14H19N3O3S. The molecule has 0 bridgehead atoms. The van der Waals surface area contributed by atoms with E-state index in [4.69, 9.17) is 5.73 Å². The molecule has 3 N–H and O–H groups in total. The van der Waals surface area contributed by atoms with Gasteiger partial charge in [0.05, 0.1) is 22.5 Å². The maximum atomic E-state index is 11.9. The summed E-state index contributed by atoms with van der Waals surface area (Å²) in [7, 11) is -3.03. The van der Waals surface area contributed by atoms with Crippen molar-refractivity contribution in [3.63, 3.8) is 0 Å². The lowest BCUT2D eigenvalue weighted by atomic mass is 10.1. The van der Waals surface area contributed by atoms with Crippen molar-refractivity contribution in [3.05, 3.63) is 24.0 Å². The second-order valence-corrected chi connectivity index (χ2v) is 7.90. The summed E-state index contributed by atoms with van der Waals surface area (Å²) < 4.78 is 25.7. The van der Waals surface area contributed by atoms with Crippen molar-refractivity contribution in [2.75, 3.05) is 17.2 Å². The summed E-state index contributed by atoms with van der Waals surface area (Å²) in [5, 5.41) is 9.97. The number of nitrogen functional groups attached to an aromatic ring is 1. The van der Waals surface area contributed by atoms with Crippen LogP contribution in [0.5, 0.6) is 0 Å². The van der Waals surface area contributed by atoms with E-state index in [1.165, 1.54) is 0 Å². The molecule has 1 fully saturated rings. The van der Waals surface area contributed by atoms with Crippen molar-refractivity contribution in [1.29, 1.82) is 0 Å².